The highest BCUT2D eigenvalue weighted by Gasteiger charge is 2.26. The normalized spacial score (nSPS) is 19.8. The minimum Gasteiger partial charge on any atom is -0.353 e. The second-order valence-electron chi connectivity index (χ2n) is 7.00. The van der Waals surface area contributed by atoms with Crippen LogP contribution in [0.4, 0.5) is 0 Å². The highest BCUT2D eigenvalue weighted by Crippen LogP contribution is 2.19. The Balaban J connectivity index is 1.91. The van der Waals surface area contributed by atoms with E-state index in [-0.39, 0.29) is 11.9 Å². The molecule has 0 unspecified atom stereocenters. The van der Waals surface area contributed by atoms with E-state index in [1.165, 1.54) is 24.8 Å². The van der Waals surface area contributed by atoms with E-state index in [1.807, 2.05) is 0 Å². The molecule has 0 aromatic heterocycles. The fraction of sp³-hybridized carbons (Fsp3) is 0.667. The van der Waals surface area contributed by atoms with E-state index in [1.54, 1.807) is 0 Å². The molecule has 1 N–H and O–H groups in total. The summed E-state index contributed by atoms with van der Waals surface area (Å²) in [5.74, 6) is 0.191. The van der Waals surface area contributed by atoms with Crippen molar-refractivity contribution in [3.8, 4) is 0 Å². The van der Waals surface area contributed by atoms with Gasteiger partial charge in [-0.05, 0) is 44.5 Å². The number of rotatable bonds is 9. The van der Waals surface area contributed by atoms with Crippen molar-refractivity contribution in [2.75, 3.05) is 26.2 Å². The minimum absolute atomic E-state index is 0.00108. The number of carbonyl (C=O) groups excluding carboxylic acids is 1. The molecule has 1 heterocycles. The molecule has 1 aromatic rings. The van der Waals surface area contributed by atoms with E-state index in [9.17, 15) is 4.79 Å². The summed E-state index contributed by atoms with van der Waals surface area (Å²) < 4.78 is 0. The van der Waals surface area contributed by atoms with Crippen molar-refractivity contribution in [3.05, 3.63) is 35.9 Å². The second kappa shape index (κ2) is 10.6. The van der Waals surface area contributed by atoms with E-state index >= 15 is 0 Å². The zero-order valence-electron chi connectivity index (χ0n) is 16.2. The molecule has 1 aromatic carbocycles. The maximum Gasteiger partial charge on any atom is 0.237 e. The van der Waals surface area contributed by atoms with E-state index in [2.05, 4.69) is 66.2 Å². The number of amides is 1. The summed E-state index contributed by atoms with van der Waals surface area (Å²) in [6.07, 6.45) is 4.56. The Morgan fingerprint density at radius 1 is 1.20 bits per heavy atom. The third-order valence-electron chi connectivity index (χ3n) is 5.43. The summed E-state index contributed by atoms with van der Waals surface area (Å²) in [5, 5.41) is 3.25. The molecule has 1 aliphatic heterocycles. The Bertz CT molecular complexity index is 501. The molecular weight excluding hydrogens is 310 g/mol. The summed E-state index contributed by atoms with van der Waals surface area (Å²) in [6.45, 7) is 11.1. The number of hydrogen-bond donors (Lipinski definition) is 1. The molecule has 25 heavy (non-hydrogen) atoms. The van der Waals surface area contributed by atoms with Crippen molar-refractivity contribution in [2.45, 2.75) is 65.1 Å². The number of nitrogens with zero attached hydrogens (tertiary/aromatic N) is 2. The lowest BCUT2D eigenvalue weighted by Crippen LogP contribution is -2.51. The standard InChI is InChI=1S/C21H35N3O/c1-4-20(23(5-2)6-3)21(25)22-16-19-14-10-11-15-24(19)17-18-12-8-7-9-13-18/h7-9,12-13,19-20H,4-6,10-11,14-17H2,1-3H3,(H,22,25)/t19-,20-/m1/s1. The number of benzene rings is 1. The van der Waals surface area contributed by atoms with Crippen molar-refractivity contribution < 1.29 is 4.79 Å². The van der Waals surface area contributed by atoms with Crippen LogP contribution >= 0.6 is 0 Å². The van der Waals surface area contributed by atoms with Gasteiger partial charge in [0.15, 0.2) is 0 Å². The van der Waals surface area contributed by atoms with Crippen LogP contribution in [0.25, 0.3) is 0 Å². The predicted octanol–water partition coefficient (Wildman–Crippen LogP) is 3.28. The molecule has 0 aliphatic carbocycles. The summed E-state index contributed by atoms with van der Waals surface area (Å²) in [7, 11) is 0. The number of piperidine rings is 1. The Labute approximate surface area is 153 Å². The van der Waals surface area contributed by atoms with Gasteiger partial charge in [-0.1, -0.05) is 57.5 Å². The van der Waals surface area contributed by atoms with Gasteiger partial charge in [0.1, 0.15) is 0 Å². The third-order valence-corrected chi connectivity index (χ3v) is 5.43. The quantitative estimate of drug-likeness (QED) is 0.746. The lowest BCUT2D eigenvalue weighted by atomic mass is 10.0. The zero-order chi connectivity index (χ0) is 18.1. The van der Waals surface area contributed by atoms with Gasteiger partial charge in [0.2, 0.25) is 5.91 Å². The Kier molecular flexibility index (Phi) is 8.42. The van der Waals surface area contributed by atoms with Gasteiger partial charge in [0.25, 0.3) is 0 Å². The first-order valence-electron chi connectivity index (χ1n) is 9.99. The van der Waals surface area contributed by atoms with Crippen molar-refractivity contribution in [1.29, 1.82) is 0 Å². The molecule has 4 nitrogen and oxygen atoms in total. The van der Waals surface area contributed by atoms with Crippen LogP contribution in [0.3, 0.4) is 0 Å². The molecular formula is C21H35N3O. The molecule has 2 rings (SSSR count). The highest BCUT2D eigenvalue weighted by molar-refractivity contribution is 5.81. The van der Waals surface area contributed by atoms with Gasteiger partial charge < -0.3 is 5.32 Å². The van der Waals surface area contributed by atoms with E-state index in [0.29, 0.717) is 6.04 Å². The molecule has 140 valence electrons. The van der Waals surface area contributed by atoms with Crippen LogP contribution in [0.2, 0.25) is 0 Å². The summed E-state index contributed by atoms with van der Waals surface area (Å²) in [6, 6.07) is 11.1. The molecule has 0 radical (unpaired) electrons. The number of likely N-dealkylation sites (N-methyl/N-ethyl adjacent to an activating group) is 1. The van der Waals surface area contributed by atoms with Crippen molar-refractivity contribution in [3.63, 3.8) is 0 Å². The van der Waals surface area contributed by atoms with Crippen molar-refractivity contribution in [2.24, 2.45) is 0 Å². The first kappa shape index (κ1) is 19.9. The molecule has 1 fully saturated rings. The third kappa shape index (κ3) is 5.82. The lowest BCUT2D eigenvalue weighted by molar-refractivity contribution is -0.126. The summed E-state index contributed by atoms with van der Waals surface area (Å²) in [5.41, 5.74) is 1.36. The van der Waals surface area contributed by atoms with Crippen molar-refractivity contribution in [1.82, 2.24) is 15.1 Å². The fourth-order valence-corrected chi connectivity index (χ4v) is 3.93. The lowest BCUT2D eigenvalue weighted by Gasteiger charge is -2.36. The van der Waals surface area contributed by atoms with Gasteiger partial charge in [-0.25, -0.2) is 0 Å². The average Bonchev–Trinajstić information content (AvgIpc) is 2.66. The highest BCUT2D eigenvalue weighted by atomic mass is 16.2. The molecule has 0 bridgehead atoms. The van der Waals surface area contributed by atoms with E-state index < -0.39 is 0 Å². The topological polar surface area (TPSA) is 35.6 Å². The number of hydrogen-bond acceptors (Lipinski definition) is 3. The fourth-order valence-electron chi connectivity index (χ4n) is 3.93. The smallest absolute Gasteiger partial charge is 0.237 e. The predicted molar refractivity (Wildman–Crippen MR) is 105 cm³/mol. The SMILES string of the molecule is CC[C@H](C(=O)NC[C@H]1CCCCN1Cc1ccccc1)N(CC)CC. The van der Waals surface area contributed by atoms with Crippen molar-refractivity contribution >= 4 is 5.91 Å². The molecule has 0 spiro atoms. The number of likely N-dealkylation sites (tertiary alicyclic amines) is 1. The van der Waals surface area contributed by atoms with Gasteiger partial charge in [-0.2, -0.15) is 0 Å². The van der Waals surface area contributed by atoms with Crippen LogP contribution in [0.5, 0.6) is 0 Å². The molecule has 2 atom stereocenters. The first-order chi connectivity index (χ1) is 12.2. The number of carbonyl (C=O) groups is 1. The molecule has 1 amide bonds. The maximum absolute atomic E-state index is 12.7. The largest absolute Gasteiger partial charge is 0.353 e. The van der Waals surface area contributed by atoms with Gasteiger partial charge >= 0.3 is 0 Å². The van der Waals surface area contributed by atoms with Crippen LogP contribution in [0.15, 0.2) is 30.3 Å². The first-order valence-corrected chi connectivity index (χ1v) is 9.99. The molecule has 0 saturated carbocycles. The summed E-state index contributed by atoms with van der Waals surface area (Å²) in [4.78, 5) is 17.5. The second-order valence-corrected chi connectivity index (χ2v) is 7.00. The van der Waals surface area contributed by atoms with E-state index in [4.69, 9.17) is 0 Å². The molecule has 4 heteroatoms. The van der Waals surface area contributed by atoms with Gasteiger partial charge in [-0.15, -0.1) is 0 Å². The van der Waals surface area contributed by atoms with E-state index in [0.717, 1.165) is 39.1 Å². The number of nitrogens with one attached hydrogen (secondary N) is 1. The summed E-state index contributed by atoms with van der Waals surface area (Å²) >= 11 is 0. The van der Waals surface area contributed by atoms with Gasteiger partial charge in [0.05, 0.1) is 6.04 Å². The molecule has 1 saturated heterocycles. The molecule has 1 aliphatic rings. The van der Waals surface area contributed by atoms with Crippen LogP contribution in [-0.2, 0) is 11.3 Å². The van der Waals surface area contributed by atoms with Gasteiger partial charge in [0, 0.05) is 19.1 Å². The Morgan fingerprint density at radius 3 is 2.56 bits per heavy atom. The van der Waals surface area contributed by atoms with Gasteiger partial charge in [-0.3, -0.25) is 14.6 Å². The van der Waals surface area contributed by atoms with Crippen LogP contribution in [0.1, 0.15) is 52.0 Å². The average molecular weight is 346 g/mol. The van der Waals surface area contributed by atoms with Crippen LogP contribution in [0, 0.1) is 0 Å². The minimum atomic E-state index is 0.00108. The van der Waals surface area contributed by atoms with Crippen LogP contribution in [-0.4, -0.2) is 54.0 Å². The maximum atomic E-state index is 12.7. The Hall–Kier alpha value is -1.39. The Morgan fingerprint density at radius 2 is 1.92 bits per heavy atom. The monoisotopic (exact) mass is 345 g/mol. The zero-order valence-corrected chi connectivity index (χ0v) is 16.2. The van der Waals surface area contributed by atoms with Crippen LogP contribution < -0.4 is 5.32 Å².